The van der Waals surface area contributed by atoms with Gasteiger partial charge in [-0.2, -0.15) is 0 Å². The predicted molar refractivity (Wildman–Crippen MR) is 147 cm³/mol. The van der Waals surface area contributed by atoms with Crippen LogP contribution in [0.4, 0.5) is 17.1 Å². The van der Waals surface area contributed by atoms with Gasteiger partial charge in [0.25, 0.3) is 0 Å². The number of para-hydroxylation sites is 1. The Hall–Kier alpha value is -3.35. The quantitative estimate of drug-likeness (QED) is 0.215. The first-order valence-corrected chi connectivity index (χ1v) is 12.8. The molecule has 6 nitrogen and oxygen atoms in total. The SMILES string of the molecule is CCc1cc(Nc2ccnc3c2CCC3(C)O)ccc1NCCc1c[nH]c2c(C(C)(C)O)cccc12. The molecule has 0 amide bonds. The van der Waals surface area contributed by atoms with Gasteiger partial charge in [-0.25, -0.2) is 0 Å². The minimum atomic E-state index is -0.889. The monoisotopic (exact) mass is 484 g/mol. The molecule has 188 valence electrons. The molecular formula is C30H36N4O2. The van der Waals surface area contributed by atoms with E-state index in [1.54, 1.807) is 6.20 Å². The van der Waals surface area contributed by atoms with Gasteiger partial charge in [0.05, 0.1) is 16.8 Å². The average molecular weight is 485 g/mol. The Morgan fingerprint density at radius 1 is 1.11 bits per heavy atom. The number of aryl methyl sites for hydroxylation is 1. The third kappa shape index (κ3) is 4.59. The number of hydrogen-bond donors (Lipinski definition) is 5. The number of nitrogens with zero attached hydrogens (tertiary/aromatic N) is 1. The van der Waals surface area contributed by atoms with Crippen LogP contribution < -0.4 is 10.6 Å². The molecule has 0 bridgehead atoms. The molecule has 2 heterocycles. The van der Waals surface area contributed by atoms with Crippen LogP contribution in [0.15, 0.2) is 54.9 Å². The standard InChI is InChI=1S/C30H36N4O2/c1-5-19-17-21(34-26-13-16-32-28-23(26)11-14-30(28,4)36)9-10-25(19)31-15-12-20-18-33-27-22(20)7-6-8-24(27)29(2,3)35/h6-10,13,16-18,31,33,35-36H,5,11-12,14-15H2,1-4H3,(H,32,34). The van der Waals surface area contributed by atoms with Crippen molar-refractivity contribution < 1.29 is 10.2 Å². The van der Waals surface area contributed by atoms with Crippen molar-refractivity contribution in [1.82, 2.24) is 9.97 Å². The van der Waals surface area contributed by atoms with Gasteiger partial charge in [-0.15, -0.1) is 0 Å². The molecule has 0 fully saturated rings. The highest BCUT2D eigenvalue weighted by Gasteiger charge is 2.35. The number of aliphatic hydroxyl groups is 2. The van der Waals surface area contributed by atoms with E-state index in [4.69, 9.17) is 0 Å². The molecule has 4 aromatic rings. The second-order valence-corrected chi connectivity index (χ2v) is 10.6. The van der Waals surface area contributed by atoms with Crippen molar-refractivity contribution in [2.45, 2.75) is 64.6 Å². The summed E-state index contributed by atoms with van der Waals surface area (Å²) in [6.07, 6.45) is 7.15. The van der Waals surface area contributed by atoms with E-state index in [0.29, 0.717) is 6.42 Å². The third-order valence-electron chi connectivity index (χ3n) is 7.36. The van der Waals surface area contributed by atoms with Gasteiger partial charge in [0.15, 0.2) is 0 Å². The van der Waals surface area contributed by atoms with Gasteiger partial charge in [-0.1, -0.05) is 25.1 Å². The molecule has 2 aromatic heterocycles. The third-order valence-corrected chi connectivity index (χ3v) is 7.36. The number of nitrogens with one attached hydrogen (secondary N) is 3. The highest BCUT2D eigenvalue weighted by atomic mass is 16.3. The zero-order chi connectivity index (χ0) is 25.5. The van der Waals surface area contributed by atoms with Gasteiger partial charge >= 0.3 is 0 Å². The highest BCUT2D eigenvalue weighted by Crippen LogP contribution is 2.39. The zero-order valence-electron chi connectivity index (χ0n) is 21.6. The summed E-state index contributed by atoms with van der Waals surface area (Å²) in [6, 6.07) is 14.5. The van der Waals surface area contributed by atoms with Gasteiger partial charge in [0.1, 0.15) is 5.60 Å². The summed E-state index contributed by atoms with van der Waals surface area (Å²) >= 11 is 0. The van der Waals surface area contributed by atoms with Crippen LogP contribution in [0.25, 0.3) is 10.9 Å². The number of hydrogen-bond acceptors (Lipinski definition) is 5. The van der Waals surface area contributed by atoms with E-state index in [2.05, 4.69) is 58.0 Å². The molecule has 2 aromatic carbocycles. The summed E-state index contributed by atoms with van der Waals surface area (Å²) in [7, 11) is 0. The predicted octanol–water partition coefficient (Wildman–Crippen LogP) is 5.90. The first-order valence-electron chi connectivity index (χ1n) is 12.8. The lowest BCUT2D eigenvalue weighted by atomic mass is 9.95. The molecule has 5 N–H and O–H groups in total. The summed E-state index contributed by atoms with van der Waals surface area (Å²) in [5.74, 6) is 0. The number of aromatic nitrogens is 2. The normalized spacial score (nSPS) is 17.4. The van der Waals surface area contributed by atoms with Crippen LogP contribution in [0.2, 0.25) is 0 Å². The molecule has 1 atom stereocenters. The number of H-pyrrole nitrogens is 1. The van der Waals surface area contributed by atoms with Crippen LogP contribution in [0.3, 0.4) is 0 Å². The van der Waals surface area contributed by atoms with Gasteiger partial charge in [-0.3, -0.25) is 4.98 Å². The molecule has 0 radical (unpaired) electrons. The van der Waals surface area contributed by atoms with E-state index in [0.717, 1.165) is 70.6 Å². The molecule has 0 spiro atoms. The first kappa shape index (κ1) is 24.3. The Bertz CT molecular complexity index is 1400. The Labute approximate surface area is 212 Å². The number of fused-ring (bicyclic) bond motifs is 2. The fourth-order valence-electron chi connectivity index (χ4n) is 5.37. The van der Waals surface area contributed by atoms with Crippen LogP contribution in [-0.4, -0.2) is 26.7 Å². The van der Waals surface area contributed by atoms with Crippen molar-refractivity contribution in [3.63, 3.8) is 0 Å². The van der Waals surface area contributed by atoms with Gasteiger partial charge in [-0.05, 0) is 81.8 Å². The Morgan fingerprint density at radius 3 is 2.72 bits per heavy atom. The summed E-state index contributed by atoms with van der Waals surface area (Å²) < 4.78 is 0. The first-order chi connectivity index (χ1) is 17.2. The minimum Gasteiger partial charge on any atom is -0.386 e. The number of aromatic amines is 1. The molecule has 1 unspecified atom stereocenters. The fourth-order valence-corrected chi connectivity index (χ4v) is 5.37. The Morgan fingerprint density at radius 2 is 1.94 bits per heavy atom. The maximum atomic E-state index is 10.6. The zero-order valence-corrected chi connectivity index (χ0v) is 21.6. The smallest absolute Gasteiger partial charge is 0.104 e. The lowest BCUT2D eigenvalue weighted by Gasteiger charge is -2.18. The van der Waals surface area contributed by atoms with E-state index < -0.39 is 11.2 Å². The maximum Gasteiger partial charge on any atom is 0.104 e. The molecule has 36 heavy (non-hydrogen) atoms. The molecule has 1 aliphatic rings. The molecule has 1 aliphatic carbocycles. The maximum absolute atomic E-state index is 10.6. The van der Waals surface area contributed by atoms with Crippen molar-refractivity contribution in [1.29, 1.82) is 0 Å². The summed E-state index contributed by atoms with van der Waals surface area (Å²) in [5, 5.41) is 29.5. The molecular weight excluding hydrogens is 448 g/mol. The van der Waals surface area contributed by atoms with E-state index in [1.807, 2.05) is 39.0 Å². The second kappa shape index (κ2) is 9.26. The minimum absolute atomic E-state index is 0.701. The van der Waals surface area contributed by atoms with Gasteiger partial charge in [0.2, 0.25) is 0 Å². The van der Waals surface area contributed by atoms with E-state index in [-0.39, 0.29) is 0 Å². The number of pyridine rings is 1. The van der Waals surface area contributed by atoms with Crippen LogP contribution in [0.5, 0.6) is 0 Å². The molecule has 6 heteroatoms. The van der Waals surface area contributed by atoms with Crippen LogP contribution in [-0.2, 0) is 30.5 Å². The number of benzene rings is 2. The number of anilines is 3. The average Bonchev–Trinajstić information content (AvgIpc) is 3.40. The van der Waals surface area contributed by atoms with E-state index >= 15 is 0 Å². The van der Waals surface area contributed by atoms with Gasteiger partial charge in [0, 0.05) is 52.5 Å². The lowest BCUT2D eigenvalue weighted by Crippen LogP contribution is -2.18. The van der Waals surface area contributed by atoms with Crippen molar-refractivity contribution in [2.24, 2.45) is 0 Å². The van der Waals surface area contributed by atoms with Crippen molar-refractivity contribution in [3.8, 4) is 0 Å². The number of rotatable bonds is 8. The largest absolute Gasteiger partial charge is 0.386 e. The summed E-state index contributed by atoms with van der Waals surface area (Å²) in [5.41, 5.74) is 7.76. The van der Waals surface area contributed by atoms with Crippen LogP contribution in [0, 0.1) is 0 Å². The summed E-state index contributed by atoms with van der Waals surface area (Å²) in [6.45, 7) is 8.46. The molecule has 5 rings (SSSR count). The van der Waals surface area contributed by atoms with E-state index in [9.17, 15) is 10.2 Å². The molecule has 0 saturated carbocycles. The van der Waals surface area contributed by atoms with Crippen molar-refractivity contribution in [3.05, 3.63) is 82.8 Å². The lowest BCUT2D eigenvalue weighted by molar-refractivity contribution is 0.0553. The highest BCUT2D eigenvalue weighted by molar-refractivity contribution is 5.86. The Balaban J connectivity index is 1.29. The van der Waals surface area contributed by atoms with Gasteiger partial charge < -0.3 is 25.8 Å². The second-order valence-electron chi connectivity index (χ2n) is 10.6. The van der Waals surface area contributed by atoms with Crippen LogP contribution >= 0.6 is 0 Å². The van der Waals surface area contributed by atoms with Crippen molar-refractivity contribution >= 4 is 28.0 Å². The van der Waals surface area contributed by atoms with Crippen LogP contribution in [0.1, 0.15) is 62.1 Å². The Kier molecular flexibility index (Phi) is 6.27. The van der Waals surface area contributed by atoms with Crippen molar-refractivity contribution in [2.75, 3.05) is 17.2 Å². The molecule has 0 aliphatic heterocycles. The van der Waals surface area contributed by atoms with E-state index in [1.165, 1.54) is 11.1 Å². The summed E-state index contributed by atoms with van der Waals surface area (Å²) in [4.78, 5) is 7.81. The topological polar surface area (TPSA) is 93.2 Å². The fraction of sp³-hybridized carbons (Fsp3) is 0.367. The molecule has 0 saturated heterocycles.